The van der Waals surface area contributed by atoms with Crippen LogP contribution < -0.4 is 10.3 Å². The highest BCUT2D eigenvalue weighted by atomic mass is 16.6. The molecule has 156 valence electrons. The van der Waals surface area contributed by atoms with Gasteiger partial charge < -0.3 is 9.47 Å². The first-order valence-corrected chi connectivity index (χ1v) is 9.88. The molecule has 0 aliphatic rings. The predicted octanol–water partition coefficient (Wildman–Crippen LogP) is 4.69. The number of hydrogen-bond donors (Lipinski definition) is 1. The summed E-state index contributed by atoms with van der Waals surface area (Å²) in [6.45, 7) is 10.4. The number of anilines is 2. The van der Waals surface area contributed by atoms with Crippen molar-refractivity contribution in [2.75, 3.05) is 23.4 Å². The quantitative estimate of drug-likeness (QED) is 0.333. The van der Waals surface area contributed by atoms with Gasteiger partial charge in [-0.2, -0.15) is 5.10 Å². The Kier molecular flexibility index (Phi) is 6.46. The molecule has 8 heteroatoms. The number of benzene rings is 1. The van der Waals surface area contributed by atoms with Gasteiger partial charge in [-0.3, -0.25) is 15.5 Å². The van der Waals surface area contributed by atoms with Crippen molar-refractivity contribution in [2.45, 2.75) is 27.7 Å². The van der Waals surface area contributed by atoms with Crippen LogP contribution in [0.5, 0.6) is 0 Å². The van der Waals surface area contributed by atoms with Gasteiger partial charge in [0.25, 0.3) is 5.69 Å². The first-order chi connectivity index (χ1) is 14.4. The van der Waals surface area contributed by atoms with Crippen LogP contribution in [-0.2, 0) is 0 Å². The average molecular weight is 406 g/mol. The lowest BCUT2D eigenvalue weighted by atomic mass is 10.2. The zero-order chi connectivity index (χ0) is 21.7. The van der Waals surface area contributed by atoms with Gasteiger partial charge in [0, 0.05) is 47.5 Å². The lowest BCUT2D eigenvalue weighted by Gasteiger charge is -2.21. The second kappa shape index (κ2) is 9.21. The summed E-state index contributed by atoms with van der Waals surface area (Å²) in [4.78, 5) is 16.5. The van der Waals surface area contributed by atoms with Crippen molar-refractivity contribution in [1.82, 2.24) is 9.55 Å². The van der Waals surface area contributed by atoms with E-state index in [1.165, 1.54) is 24.0 Å². The maximum atomic E-state index is 10.7. The Bertz CT molecular complexity index is 1030. The van der Waals surface area contributed by atoms with Crippen LogP contribution in [0.2, 0.25) is 0 Å². The van der Waals surface area contributed by atoms with Gasteiger partial charge in [0.05, 0.1) is 11.1 Å². The third-order valence-corrected chi connectivity index (χ3v) is 5.05. The lowest BCUT2D eigenvalue weighted by molar-refractivity contribution is -0.385. The molecule has 0 atom stereocenters. The minimum atomic E-state index is -0.483. The van der Waals surface area contributed by atoms with Gasteiger partial charge in [0.1, 0.15) is 12.0 Å². The standard InChI is InChI=1S/C22H26N6O2/c1-5-26(6-2)19-7-9-20(10-8-19)27-16(3)13-18(17(27)4)14-24-25-22-12-11-21(15-23-22)28(29)30/h7-15H,5-6H2,1-4H3,(H,23,25)/b24-14+. The van der Waals surface area contributed by atoms with E-state index in [0.717, 1.165) is 35.7 Å². The Hall–Kier alpha value is -3.68. The van der Waals surface area contributed by atoms with E-state index in [1.807, 2.05) is 0 Å². The minimum Gasteiger partial charge on any atom is -0.372 e. The highest BCUT2D eigenvalue weighted by molar-refractivity contribution is 5.82. The van der Waals surface area contributed by atoms with E-state index in [1.54, 1.807) is 6.21 Å². The number of pyridine rings is 1. The SMILES string of the molecule is CCN(CC)c1ccc(-n2c(C)cc(/C=N/Nc3ccc([N+](=O)[O-])cn3)c2C)cc1. The van der Waals surface area contributed by atoms with Crippen molar-refractivity contribution in [3.8, 4) is 5.69 Å². The van der Waals surface area contributed by atoms with Crippen LogP contribution in [0, 0.1) is 24.0 Å². The summed E-state index contributed by atoms with van der Waals surface area (Å²) < 4.78 is 2.19. The second-order valence-electron chi connectivity index (χ2n) is 6.88. The van der Waals surface area contributed by atoms with E-state index < -0.39 is 4.92 Å². The molecule has 0 fully saturated rings. The van der Waals surface area contributed by atoms with Gasteiger partial charge in [-0.25, -0.2) is 4.98 Å². The number of rotatable bonds is 8. The van der Waals surface area contributed by atoms with Crippen LogP contribution in [-0.4, -0.2) is 33.8 Å². The Morgan fingerprint density at radius 3 is 2.43 bits per heavy atom. The highest BCUT2D eigenvalue weighted by Gasteiger charge is 2.10. The fourth-order valence-corrected chi connectivity index (χ4v) is 3.45. The van der Waals surface area contributed by atoms with Gasteiger partial charge >= 0.3 is 0 Å². The number of aryl methyl sites for hydroxylation is 1. The number of nitro groups is 1. The van der Waals surface area contributed by atoms with Crippen molar-refractivity contribution in [1.29, 1.82) is 0 Å². The predicted molar refractivity (Wildman–Crippen MR) is 121 cm³/mol. The molecule has 0 aliphatic carbocycles. The summed E-state index contributed by atoms with van der Waals surface area (Å²) >= 11 is 0. The summed E-state index contributed by atoms with van der Waals surface area (Å²) in [5.74, 6) is 0.442. The van der Waals surface area contributed by atoms with Crippen LogP contribution in [0.25, 0.3) is 5.69 Å². The van der Waals surface area contributed by atoms with E-state index in [2.05, 4.69) is 83.0 Å². The molecule has 2 aromatic heterocycles. The summed E-state index contributed by atoms with van der Waals surface area (Å²) in [5.41, 5.74) is 8.24. The van der Waals surface area contributed by atoms with Gasteiger partial charge in [0.15, 0.2) is 0 Å². The first-order valence-electron chi connectivity index (χ1n) is 9.88. The van der Waals surface area contributed by atoms with Crippen molar-refractivity contribution >= 4 is 23.4 Å². The number of aromatic nitrogens is 2. The van der Waals surface area contributed by atoms with E-state index in [4.69, 9.17) is 0 Å². The third-order valence-electron chi connectivity index (χ3n) is 5.05. The number of hydrazone groups is 1. The van der Waals surface area contributed by atoms with Crippen molar-refractivity contribution in [2.24, 2.45) is 5.10 Å². The molecule has 2 heterocycles. The molecule has 0 radical (unpaired) electrons. The molecule has 3 rings (SSSR count). The molecule has 0 unspecified atom stereocenters. The summed E-state index contributed by atoms with van der Waals surface area (Å²) in [6, 6.07) is 13.5. The van der Waals surface area contributed by atoms with Gasteiger partial charge in [-0.15, -0.1) is 0 Å². The Morgan fingerprint density at radius 2 is 1.87 bits per heavy atom. The molecular formula is C22H26N6O2. The number of hydrogen-bond acceptors (Lipinski definition) is 6. The van der Waals surface area contributed by atoms with E-state index in [-0.39, 0.29) is 5.69 Å². The molecule has 0 amide bonds. The van der Waals surface area contributed by atoms with Gasteiger partial charge in [-0.05, 0) is 64.1 Å². The van der Waals surface area contributed by atoms with E-state index in [9.17, 15) is 10.1 Å². The Labute approximate surface area is 176 Å². The zero-order valence-electron chi connectivity index (χ0n) is 17.7. The molecular weight excluding hydrogens is 380 g/mol. The molecule has 0 saturated carbocycles. The topological polar surface area (TPSA) is 88.6 Å². The second-order valence-corrected chi connectivity index (χ2v) is 6.88. The average Bonchev–Trinajstić information content (AvgIpc) is 3.03. The smallest absolute Gasteiger partial charge is 0.287 e. The number of nitrogens with zero attached hydrogens (tertiary/aromatic N) is 5. The van der Waals surface area contributed by atoms with Crippen LogP contribution in [0.4, 0.5) is 17.2 Å². The zero-order valence-corrected chi connectivity index (χ0v) is 17.7. The molecule has 30 heavy (non-hydrogen) atoms. The normalized spacial score (nSPS) is 11.1. The van der Waals surface area contributed by atoms with Crippen LogP contribution in [0.15, 0.2) is 53.8 Å². The molecule has 1 aromatic carbocycles. The van der Waals surface area contributed by atoms with Crippen LogP contribution in [0.3, 0.4) is 0 Å². The molecule has 0 aliphatic heterocycles. The third kappa shape index (κ3) is 4.48. The van der Waals surface area contributed by atoms with E-state index >= 15 is 0 Å². The first kappa shape index (κ1) is 21.0. The highest BCUT2D eigenvalue weighted by Crippen LogP contribution is 2.23. The van der Waals surface area contributed by atoms with Crippen molar-refractivity contribution < 1.29 is 4.92 Å². The Morgan fingerprint density at radius 1 is 1.17 bits per heavy atom. The van der Waals surface area contributed by atoms with E-state index in [0.29, 0.717) is 5.82 Å². The molecule has 1 N–H and O–H groups in total. The largest absolute Gasteiger partial charge is 0.372 e. The van der Waals surface area contributed by atoms with Crippen molar-refractivity contribution in [3.05, 3.63) is 75.7 Å². The van der Waals surface area contributed by atoms with Gasteiger partial charge in [0.2, 0.25) is 0 Å². The fraction of sp³-hybridized carbons (Fsp3) is 0.273. The van der Waals surface area contributed by atoms with Crippen molar-refractivity contribution in [3.63, 3.8) is 0 Å². The lowest BCUT2D eigenvalue weighted by Crippen LogP contribution is -2.21. The summed E-state index contributed by atoms with van der Waals surface area (Å²) in [7, 11) is 0. The molecule has 0 bridgehead atoms. The van der Waals surface area contributed by atoms with Crippen LogP contribution >= 0.6 is 0 Å². The fourth-order valence-electron chi connectivity index (χ4n) is 3.45. The van der Waals surface area contributed by atoms with Gasteiger partial charge in [-0.1, -0.05) is 0 Å². The maximum Gasteiger partial charge on any atom is 0.287 e. The summed E-state index contributed by atoms with van der Waals surface area (Å²) in [5, 5.41) is 14.9. The summed E-state index contributed by atoms with van der Waals surface area (Å²) in [6.07, 6.45) is 2.93. The van der Waals surface area contributed by atoms with Crippen LogP contribution in [0.1, 0.15) is 30.8 Å². The minimum absolute atomic E-state index is 0.0555. The monoisotopic (exact) mass is 406 g/mol. The molecule has 0 saturated heterocycles. The molecule has 3 aromatic rings. The molecule has 8 nitrogen and oxygen atoms in total. The maximum absolute atomic E-state index is 10.7. The number of nitrogens with one attached hydrogen (secondary N) is 1. The molecule has 0 spiro atoms. The Balaban J connectivity index is 1.76.